The lowest BCUT2D eigenvalue weighted by atomic mass is 9.92. The van der Waals surface area contributed by atoms with Gasteiger partial charge in [0.1, 0.15) is 0 Å². The summed E-state index contributed by atoms with van der Waals surface area (Å²) in [6.07, 6.45) is 6.90. The zero-order chi connectivity index (χ0) is 11.1. The van der Waals surface area contributed by atoms with Crippen LogP contribution in [0.1, 0.15) is 52.9 Å². The number of hydrogen-bond acceptors (Lipinski definition) is 2. The van der Waals surface area contributed by atoms with Gasteiger partial charge in [-0.05, 0) is 31.7 Å². The second-order valence-corrected chi connectivity index (χ2v) is 5.04. The molecule has 0 aromatic carbocycles. The van der Waals surface area contributed by atoms with E-state index in [0.29, 0.717) is 12.1 Å². The molecule has 0 aromatic rings. The third-order valence-electron chi connectivity index (χ3n) is 3.20. The minimum Gasteiger partial charge on any atom is -0.377 e. The van der Waals surface area contributed by atoms with Gasteiger partial charge in [-0.25, -0.2) is 0 Å². The van der Waals surface area contributed by atoms with Gasteiger partial charge in [-0.15, -0.1) is 0 Å². The lowest BCUT2D eigenvalue weighted by molar-refractivity contribution is 0.00106. The third kappa shape index (κ3) is 4.98. The van der Waals surface area contributed by atoms with Crippen LogP contribution in [0.4, 0.5) is 0 Å². The number of nitrogens with one attached hydrogen (secondary N) is 1. The minimum absolute atomic E-state index is 0.470. The van der Waals surface area contributed by atoms with Crippen molar-refractivity contribution in [3.8, 4) is 0 Å². The molecule has 2 heteroatoms. The summed E-state index contributed by atoms with van der Waals surface area (Å²) >= 11 is 0. The summed E-state index contributed by atoms with van der Waals surface area (Å²) in [4.78, 5) is 0. The van der Waals surface area contributed by atoms with Crippen LogP contribution in [0.5, 0.6) is 0 Å². The largest absolute Gasteiger partial charge is 0.377 e. The van der Waals surface area contributed by atoms with E-state index in [9.17, 15) is 0 Å². The van der Waals surface area contributed by atoms with Gasteiger partial charge in [0.15, 0.2) is 0 Å². The fourth-order valence-electron chi connectivity index (χ4n) is 2.25. The number of hydrogen-bond donors (Lipinski definition) is 1. The van der Waals surface area contributed by atoms with Gasteiger partial charge < -0.3 is 10.1 Å². The van der Waals surface area contributed by atoms with Crippen LogP contribution in [0.15, 0.2) is 0 Å². The molecule has 90 valence electrons. The molecular weight excluding hydrogens is 186 g/mol. The Kier molecular flexibility index (Phi) is 6.26. The standard InChI is InChI=1S/C13H27NO/c1-4-14-12-7-5-6-8-13(12)15-10-9-11(2)3/h11-14H,4-10H2,1-3H3. The monoisotopic (exact) mass is 213 g/mol. The molecule has 2 nitrogen and oxygen atoms in total. The summed E-state index contributed by atoms with van der Waals surface area (Å²) in [7, 11) is 0. The second-order valence-electron chi connectivity index (χ2n) is 5.04. The van der Waals surface area contributed by atoms with Crippen molar-refractivity contribution in [1.82, 2.24) is 5.32 Å². The van der Waals surface area contributed by atoms with Gasteiger partial charge in [-0.1, -0.05) is 33.6 Å². The molecule has 1 N–H and O–H groups in total. The SMILES string of the molecule is CCNC1CCCCC1OCCC(C)C. The number of likely N-dealkylation sites (N-methyl/N-ethyl adjacent to an activating group) is 1. The molecule has 0 aliphatic heterocycles. The molecule has 1 saturated carbocycles. The van der Waals surface area contributed by atoms with E-state index in [1.807, 2.05) is 0 Å². The fourth-order valence-corrected chi connectivity index (χ4v) is 2.25. The summed E-state index contributed by atoms with van der Waals surface area (Å²) in [5, 5.41) is 3.55. The van der Waals surface area contributed by atoms with Crippen molar-refractivity contribution in [3.63, 3.8) is 0 Å². The van der Waals surface area contributed by atoms with Gasteiger partial charge in [0.25, 0.3) is 0 Å². The van der Waals surface area contributed by atoms with Gasteiger partial charge in [0.05, 0.1) is 6.10 Å². The predicted molar refractivity (Wildman–Crippen MR) is 65.1 cm³/mol. The van der Waals surface area contributed by atoms with E-state index in [1.54, 1.807) is 0 Å². The maximum atomic E-state index is 6.00. The molecule has 0 bridgehead atoms. The smallest absolute Gasteiger partial charge is 0.0728 e. The van der Waals surface area contributed by atoms with E-state index >= 15 is 0 Å². The molecule has 1 aliphatic carbocycles. The Morgan fingerprint density at radius 3 is 2.67 bits per heavy atom. The van der Waals surface area contributed by atoms with Gasteiger partial charge in [-0.2, -0.15) is 0 Å². The van der Waals surface area contributed by atoms with Gasteiger partial charge >= 0.3 is 0 Å². The lowest BCUT2D eigenvalue weighted by Crippen LogP contribution is -2.43. The van der Waals surface area contributed by atoms with Gasteiger partial charge in [0.2, 0.25) is 0 Å². The third-order valence-corrected chi connectivity index (χ3v) is 3.20. The van der Waals surface area contributed by atoms with E-state index in [0.717, 1.165) is 19.1 Å². The molecule has 0 spiro atoms. The van der Waals surface area contributed by atoms with E-state index in [-0.39, 0.29) is 0 Å². The Hall–Kier alpha value is -0.0800. The van der Waals surface area contributed by atoms with E-state index in [2.05, 4.69) is 26.1 Å². The molecule has 1 rings (SSSR count). The molecule has 0 saturated heterocycles. The summed E-state index contributed by atoms with van der Waals surface area (Å²) in [5.41, 5.74) is 0. The van der Waals surface area contributed by atoms with Gasteiger partial charge in [-0.3, -0.25) is 0 Å². The maximum absolute atomic E-state index is 6.00. The molecule has 1 fully saturated rings. The molecule has 0 amide bonds. The molecule has 1 aliphatic rings. The Labute approximate surface area is 94.8 Å². The zero-order valence-corrected chi connectivity index (χ0v) is 10.6. The van der Waals surface area contributed by atoms with Crippen molar-refractivity contribution in [2.45, 2.75) is 65.0 Å². The molecule has 15 heavy (non-hydrogen) atoms. The van der Waals surface area contributed by atoms with Crippen LogP contribution in [0.3, 0.4) is 0 Å². The Bertz CT molecular complexity index is 157. The first-order valence-corrected chi connectivity index (χ1v) is 6.59. The Morgan fingerprint density at radius 2 is 2.00 bits per heavy atom. The summed E-state index contributed by atoms with van der Waals surface area (Å²) in [6.45, 7) is 8.69. The highest BCUT2D eigenvalue weighted by Crippen LogP contribution is 2.21. The van der Waals surface area contributed by atoms with Gasteiger partial charge in [0, 0.05) is 12.6 Å². The summed E-state index contributed by atoms with van der Waals surface area (Å²) < 4.78 is 6.00. The molecule has 0 heterocycles. The fraction of sp³-hybridized carbons (Fsp3) is 1.00. The van der Waals surface area contributed by atoms with Crippen molar-refractivity contribution >= 4 is 0 Å². The summed E-state index contributed by atoms with van der Waals surface area (Å²) in [6, 6.07) is 0.607. The van der Waals surface area contributed by atoms with E-state index < -0.39 is 0 Å². The Balaban J connectivity index is 2.23. The maximum Gasteiger partial charge on any atom is 0.0728 e. The topological polar surface area (TPSA) is 21.3 Å². The molecule has 0 radical (unpaired) electrons. The normalized spacial score (nSPS) is 27.2. The average Bonchev–Trinajstić information content (AvgIpc) is 2.20. The molecule has 0 aromatic heterocycles. The lowest BCUT2D eigenvalue weighted by Gasteiger charge is -2.32. The van der Waals surface area contributed by atoms with Crippen molar-refractivity contribution < 1.29 is 4.74 Å². The molecular formula is C13H27NO. The van der Waals surface area contributed by atoms with Crippen molar-refractivity contribution in [2.24, 2.45) is 5.92 Å². The number of rotatable bonds is 6. The first-order chi connectivity index (χ1) is 7.24. The Morgan fingerprint density at radius 1 is 1.27 bits per heavy atom. The van der Waals surface area contributed by atoms with Crippen LogP contribution in [-0.2, 0) is 4.74 Å². The predicted octanol–water partition coefficient (Wildman–Crippen LogP) is 2.97. The minimum atomic E-state index is 0.470. The van der Waals surface area contributed by atoms with Crippen molar-refractivity contribution in [1.29, 1.82) is 0 Å². The molecule has 2 atom stereocenters. The first kappa shape index (κ1) is 13.0. The highest BCUT2D eigenvalue weighted by molar-refractivity contribution is 4.81. The van der Waals surface area contributed by atoms with E-state index in [1.165, 1.54) is 32.1 Å². The highest BCUT2D eigenvalue weighted by Gasteiger charge is 2.24. The number of ether oxygens (including phenoxy) is 1. The van der Waals surface area contributed by atoms with Crippen LogP contribution in [0.25, 0.3) is 0 Å². The van der Waals surface area contributed by atoms with Crippen LogP contribution in [-0.4, -0.2) is 25.3 Å². The average molecular weight is 213 g/mol. The van der Waals surface area contributed by atoms with Crippen molar-refractivity contribution in [3.05, 3.63) is 0 Å². The first-order valence-electron chi connectivity index (χ1n) is 6.59. The highest BCUT2D eigenvalue weighted by atomic mass is 16.5. The quantitative estimate of drug-likeness (QED) is 0.732. The van der Waals surface area contributed by atoms with E-state index in [4.69, 9.17) is 4.74 Å². The second kappa shape index (κ2) is 7.24. The van der Waals surface area contributed by atoms with Crippen LogP contribution in [0.2, 0.25) is 0 Å². The summed E-state index contributed by atoms with van der Waals surface area (Å²) in [5.74, 6) is 0.756. The molecule has 2 unspecified atom stereocenters. The zero-order valence-electron chi connectivity index (χ0n) is 10.6. The van der Waals surface area contributed by atoms with Crippen LogP contribution < -0.4 is 5.32 Å². The van der Waals surface area contributed by atoms with Crippen molar-refractivity contribution in [2.75, 3.05) is 13.2 Å². The van der Waals surface area contributed by atoms with Crippen LogP contribution in [0, 0.1) is 5.92 Å². The van der Waals surface area contributed by atoms with Crippen LogP contribution >= 0.6 is 0 Å².